The molecule has 1 aliphatic rings. The van der Waals surface area contributed by atoms with Gasteiger partial charge in [-0.05, 0) is 42.3 Å². The van der Waals surface area contributed by atoms with E-state index in [4.69, 9.17) is 11.6 Å². The number of nitrogens with zero attached hydrogens (tertiary/aromatic N) is 6. The highest BCUT2D eigenvalue weighted by molar-refractivity contribution is 6.28. The molecule has 1 fully saturated rings. The summed E-state index contributed by atoms with van der Waals surface area (Å²) in [4.78, 5) is 10.2. The van der Waals surface area contributed by atoms with Crippen LogP contribution >= 0.6 is 11.6 Å². The third-order valence-electron chi connectivity index (χ3n) is 3.79. The molecular formula is C14H13ClN6O. The number of aliphatic hydroxyl groups is 1. The zero-order valence-electron chi connectivity index (χ0n) is 11.6. The minimum Gasteiger partial charge on any atom is -0.391 e. The van der Waals surface area contributed by atoms with E-state index in [1.165, 1.54) is 0 Å². The molecule has 0 bridgehead atoms. The van der Waals surface area contributed by atoms with Crippen molar-refractivity contribution in [2.45, 2.75) is 12.5 Å². The van der Waals surface area contributed by atoms with E-state index >= 15 is 0 Å². The Bertz CT molecular complexity index is 818. The lowest BCUT2D eigenvalue weighted by atomic mass is 10.2. The second-order valence-electron chi connectivity index (χ2n) is 5.25. The SMILES string of the molecule is O[C@@H]1CCN(c2ccc(-n3nnc4cnc(Cl)nc43)cc2)C1. The Balaban J connectivity index is 1.68. The van der Waals surface area contributed by atoms with Gasteiger partial charge in [0.25, 0.3) is 0 Å². The van der Waals surface area contributed by atoms with E-state index in [0.717, 1.165) is 24.3 Å². The molecule has 0 aliphatic carbocycles. The molecule has 1 atom stereocenters. The fourth-order valence-corrected chi connectivity index (χ4v) is 2.79. The lowest BCUT2D eigenvalue weighted by molar-refractivity contribution is 0.198. The lowest BCUT2D eigenvalue weighted by Crippen LogP contribution is -2.20. The van der Waals surface area contributed by atoms with Crippen LogP contribution in [-0.2, 0) is 0 Å². The third-order valence-corrected chi connectivity index (χ3v) is 3.97. The number of β-amino-alcohol motifs (C(OH)–C–C–N with tert-alkyl or cyclic N) is 1. The Morgan fingerprint density at radius 1 is 1.18 bits per heavy atom. The maximum atomic E-state index is 9.62. The molecule has 4 rings (SSSR count). The Morgan fingerprint density at radius 3 is 2.68 bits per heavy atom. The van der Waals surface area contributed by atoms with Crippen molar-refractivity contribution in [2.24, 2.45) is 0 Å². The van der Waals surface area contributed by atoms with Gasteiger partial charge in [0, 0.05) is 18.8 Å². The average Bonchev–Trinajstić information content (AvgIpc) is 3.13. The molecule has 0 amide bonds. The molecule has 1 aromatic carbocycles. The minimum atomic E-state index is -0.238. The van der Waals surface area contributed by atoms with Crippen LogP contribution in [0.5, 0.6) is 0 Å². The molecule has 22 heavy (non-hydrogen) atoms. The Kier molecular flexibility index (Phi) is 3.16. The monoisotopic (exact) mass is 316 g/mol. The molecule has 7 nitrogen and oxygen atoms in total. The summed E-state index contributed by atoms with van der Waals surface area (Å²) in [7, 11) is 0. The van der Waals surface area contributed by atoms with Crippen molar-refractivity contribution in [3.05, 3.63) is 35.7 Å². The van der Waals surface area contributed by atoms with E-state index in [2.05, 4.69) is 25.2 Å². The maximum Gasteiger partial charge on any atom is 0.224 e. The topological polar surface area (TPSA) is 80.0 Å². The van der Waals surface area contributed by atoms with Gasteiger partial charge in [-0.3, -0.25) is 0 Å². The van der Waals surface area contributed by atoms with Gasteiger partial charge in [0.15, 0.2) is 11.2 Å². The number of aromatic nitrogens is 5. The number of fused-ring (bicyclic) bond motifs is 1. The van der Waals surface area contributed by atoms with Gasteiger partial charge in [0.05, 0.1) is 18.0 Å². The first-order valence-corrected chi connectivity index (χ1v) is 7.36. The minimum absolute atomic E-state index is 0.165. The second kappa shape index (κ2) is 5.19. The first kappa shape index (κ1) is 13.4. The fourth-order valence-electron chi connectivity index (χ4n) is 2.66. The van der Waals surface area contributed by atoms with E-state index in [1.807, 2.05) is 24.3 Å². The van der Waals surface area contributed by atoms with Crippen LogP contribution in [-0.4, -0.2) is 49.3 Å². The first-order chi connectivity index (χ1) is 10.7. The number of anilines is 1. The number of rotatable bonds is 2. The van der Waals surface area contributed by atoms with Gasteiger partial charge in [0.2, 0.25) is 5.28 Å². The van der Waals surface area contributed by atoms with Crippen LogP contribution in [0.15, 0.2) is 30.5 Å². The molecule has 1 N–H and O–H groups in total. The largest absolute Gasteiger partial charge is 0.391 e. The summed E-state index contributed by atoms with van der Waals surface area (Å²) in [5, 5.41) is 17.9. The summed E-state index contributed by atoms with van der Waals surface area (Å²) in [5.74, 6) is 0. The van der Waals surface area contributed by atoms with Crippen molar-refractivity contribution in [3.63, 3.8) is 0 Å². The molecule has 3 aromatic rings. The van der Waals surface area contributed by atoms with Gasteiger partial charge >= 0.3 is 0 Å². The summed E-state index contributed by atoms with van der Waals surface area (Å²) >= 11 is 5.84. The predicted octanol–water partition coefficient (Wildman–Crippen LogP) is 1.43. The van der Waals surface area contributed by atoms with E-state index in [0.29, 0.717) is 17.7 Å². The van der Waals surface area contributed by atoms with Gasteiger partial charge in [-0.2, -0.15) is 9.67 Å². The lowest BCUT2D eigenvalue weighted by Gasteiger charge is -2.17. The van der Waals surface area contributed by atoms with Crippen molar-refractivity contribution >= 4 is 28.5 Å². The number of aliphatic hydroxyl groups excluding tert-OH is 1. The molecule has 0 spiro atoms. The average molecular weight is 317 g/mol. The van der Waals surface area contributed by atoms with Gasteiger partial charge in [-0.25, -0.2) is 4.98 Å². The molecule has 1 aliphatic heterocycles. The van der Waals surface area contributed by atoms with Gasteiger partial charge in [-0.1, -0.05) is 5.21 Å². The van der Waals surface area contributed by atoms with Crippen LogP contribution < -0.4 is 4.90 Å². The van der Waals surface area contributed by atoms with Crippen LogP contribution in [0.25, 0.3) is 16.9 Å². The quantitative estimate of drug-likeness (QED) is 0.721. The van der Waals surface area contributed by atoms with Crippen molar-refractivity contribution in [2.75, 3.05) is 18.0 Å². The maximum absolute atomic E-state index is 9.62. The number of benzene rings is 1. The Hall–Kier alpha value is -2.25. The highest BCUT2D eigenvalue weighted by Crippen LogP contribution is 2.23. The van der Waals surface area contributed by atoms with Crippen LogP contribution in [0, 0.1) is 0 Å². The van der Waals surface area contributed by atoms with Crippen molar-refractivity contribution in [1.82, 2.24) is 25.0 Å². The van der Waals surface area contributed by atoms with Crippen LogP contribution in [0.2, 0.25) is 5.28 Å². The Labute approximate surface area is 131 Å². The molecule has 0 saturated carbocycles. The van der Waals surface area contributed by atoms with Crippen LogP contribution in [0.4, 0.5) is 5.69 Å². The van der Waals surface area contributed by atoms with Crippen molar-refractivity contribution in [3.8, 4) is 5.69 Å². The summed E-state index contributed by atoms with van der Waals surface area (Å²) in [6, 6.07) is 7.90. The molecular weight excluding hydrogens is 304 g/mol. The zero-order valence-corrected chi connectivity index (χ0v) is 12.3. The normalized spacial score (nSPS) is 18.3. The van der Waals surface area contributed by atoms with Crippen LogP contribution in [0.1, 0.15) is 6.42 Å². The molecule has 0 unspecified atom stereocenters. The second-order valence-corrected chi connectivity index (χ2v) is 5.59. The fraction of sp³-hybridized carbons (Fsp3) is 0.286. The van der Waals surface area contributed by atoms with E-state index in [9.17, 15) is 5.11 Å². The number of hydrogen-bond acceptors (Lipinski definition) is 6. The smallest absolute Gasteiger partial charge is 0.224 e. The zero-order chi connectivity index (χ0) is 15.1. The van der Waals surface area contributed by atoms with Gasteiger partial charge in [-0.15, -0.1) is 5.10 Å². The molecule has 8 heteroatoms. The number of hydrogen-bond donors (Lipinski definition) is 1. The molecule has 3 heterocycles. The molecule has 112 valence electrons. The van der Waals surface area contributed by atoms with Crippen molar-refractivity contribution < 1.29 is 5.11 Å². The van der Waals surface area contributed by atoms with Crippen molar-refractivity contribution in [1.29, 1.82) is 0 Å². The molecule has 1 saturated heterocycles. The van der Waals surface area contributed by atoms with E-state index in [1.54, 1.807) is 10.9 Å². The Morgan fingerprint density at radius 2 is 1.95 bits per heavy atom. The van der Waals surface area contributed by atoms with E-state index < -0.39 is 0 Å². The highest BCUT2D eigenvalue weighted by Gasteiger charge is 2.20. The molecule has 2 aromatic heterocycles. The summed E-state index contributed by atoms with van der Waals surface area (Å²) < 4.78 is 1.63. The first-order valence-electron chi connectivity index (χ1n) is 6.98. The van der Waals surface area contributed by atoms with Crippen LogP contribution in [0.3, 0.4) is 0 Å². The summed E-state index contributed by atoms with van der Waals surface area (Å²) in [6.07, 6.45) is 2.12. The van der Waals surface area contributed by atoms with E-state index in [-0.39, 0.29) is 11.4 Å². The van der Waals surface area contributed by atoms with Gasteiger partial charge in [0.1, 0.15) is 0 Å². The number of halogens is 1. The summed E-state index contributed by atoms with van der Waals surface area (Å²) in [5.41, 5.74) is 3.10. The van der Waals surface area contributed by atoms with Gasteiger partial charge < -0.3 is 10.0 Å². The molecule has 0 radical (unpaired) electrons. The highest BCUT2D eigenvalue weighted by atomic mass is 35.5. The third kappa shape index (κ3) is 2.28. The standard InChI is InChI=1S/C14H13ClN6O/c15-14-16-7-12-13(17-14)21(19-18-12)10-3-1-9(2-4-10)20-6-5-11(22)8-20/h1-4,7,11,22H,5-6,8H2/t11-/m1/s1. The summed E-state index contributed by atoms with van der Waals surface area (Å²) in [6.45, 7) is 1.55. The predicted molar refractivity (Wildman–Crippen MR) is 82.3 cm³/mol.